The highest BCUT2D eigenvalue weighted by molar-refractivity contribution is 6.12. The molecule has 5 aliphatic rings. The maximum atomic E-state index is 2.54. The highest BCUT2D eigenvalue weighted by atomic mass is 15.2. The molecule has 22 aromatic rings. The van der Waals surface area contributed by atoms with Crippen LogP contribution in [0.25, 0.3) is 155 Å². The molecule has 144 heavy (non-hydrogen) atoms. The number of nitrogens with zero attached hydrogens (tertiary/aromatic N) is 4. The summed E-state index contributed by atoms with van der Waals surface area (Å²) in [6.07, 6.45) is 15.2. The van der Waals surface area contributed by atoms with Gasteiger partial charge in [0.2, 0.25) is 0 Å². The van der Waals surface area contributed by atoms with Gasteiger partial charge in [0.1, 0.15) is 0 Å². The third kappa shape index (κ3) is 15.1. The van der Waals surface area contributed by atoms with Crippen LogP contribution in [0.1, 0.15) is 159 Å². The van der Waals surface area contributed by atoms with Gasteiger partial charge in [-0.2, -0.15) is 0 Å². The zero-order valence-corrected chi connectivity index (χ0v) is 82.3. The molecule has 4 nitrogen and oxygen atoms in total. The van der Waals surface area contributed by atoms with Crippen molar-refractivity contribution in [3.8, 4) is 112 Å². The van der Waals surface area contributed by atoms with Gasteiger partial charge in [-0.15, -0.1) is 0 Å². The van der Waals surface area contributed by atoms with Crippen molar-refractivity contribution in [2.75, 3.05) is 9.80 Å². The van der Waals surface area contributed by atoms with E-state index in [0.717, 1.165) is 59.8 Å². The molecule has 0 N–H and O–H groups in total. The summed E-state index contributed by atoms with van der Waals surface area (Å²) in [5.41, 5.74) is 50.0. The molecule has 2 fully saturated rings. The summed E-state index contributed by atoms with van der Waals surface area (Å²) >= 11 is 0. The number of aryl methyl sites for hydroxylation is 2. The van der Waals surface area contributed by atoms with Gasteiger partial charge in [-0.1, -0.05) is 394 Å². The molecule has 0 radical (unpaired) electrons. The number of aromatic nitrogens is 2. The van der Waals surface area contributed by atoms with Gasteiger partial charge in [-0.3, -0.25) is 0 Å². The Labute approximate surface area is 846 Å². The largest absolute Gasteiger partial charge is 0.310 e. The van der Waals surface area contributed by atoms with Crippen LogP contribution < -0.4 is 9.80 Å². The van der Waals surface area contributed by atoms with Crippen molar-refractivity contribution in [2.45, 2.75) is 127 Å². The van der Waals surface area contributed by atoms with Crippen LogP contribution in [0, 0.1) is 0 Å². The Balaban J connectivity index is 0.000000147. The number of hydrogen-bond donors (Lipinski definition) is 0. The average Bonchev–Trinajstić information content (AvgIpc) is 1.51. The zero-order valence-electron chi connectivity index (χ0n) is 82.3. The first kappa shape index (κ1) is 87.8. The van der Waals surface area contributed by atoms with Crippen molar-refractivity contribution < 1.29 is 0 Å². The topological polar surface area (TPSA) is 16.3 Å². The van der Waals surface area contributed by atoms with Crippen LogP contribution in [-0.2, 0) is 23.7 Å². The Bertz CT molecular complexity index is 8440. The Hall–Kier alpha value is -16.4. The minimum atomic E-state index is -0.443. The van der Waals surface area contributed by atoms with Crippen molar-refractivity contribution in [3.05, 3.63) is 517 Å². The lowest BCUT2D eigenvalue weighted by Gasteiger charge is -2.32. The molecule has 5 aliphatic carbocycles. The summed E-state index contributed by atoms with van der Waals surface area (Å²) in [5.74, 6) is 1.39. The predicted molar refractivity (Wildman–Crippen MR) is 608 cm³/mol. The van der Waals surface area contributed by atoms with E-state index >= 15 is 0 Å². The molecule has 27 rings (SSSR count). The van der Waals surface area contributed by atoms with Gasteiger partial charge in [-0.25, -0.2) is 0 Å². The maximum absolute atomic E-state index is 2.54. The van der Waals surface area contributed by atoms with Crippen LogP contribution in [0.15, 0.2) is 461 Å². The molecule has 0 amide bonds. The molecule has 1 spiro atoms. The first-order valence-corrected chi connectivity index (χ1v) is 52.4. The van der Waals surface area contributed by atoms with Crippen molar-refractivity contribution in [1.82, 2.24) is 9.13 Å². The third-order valence-electron chi connectivity index (χ3n) is 32.6. The number of rotatable bonds is 20. The van der Waals surface area contributed by atoms with E-state index in [1.54, 1.807) is 0 Å². The van der Waals surface area contributed by atoms with E-state index in [1.165, 1.54) is 262 Å². The molecule has 0 unspecified atom stereocenters. The second-order valence-electron chi connectivity index (χ2n) is 41.2. The normalized spacial score (nSPS) is 14.1. The lowest BCUT2D eigenvalue weighted by molar-refractivity contribution is 0.660. The zero-order chi connectivity index (χ0) is 96.1. The van der Waals surface area contributed by atoms with Gasteiger partial charge in [-0.05, 0) is 328 Å². The Kier molecular flexibility index (Phi) is 22.3. The lowest BCUT2D eigenvalue weighted by atomic mass is 9.70. The summed E-state index contributed by atoms with van der Waals surface area (Å²) in [4.78, 5) is 4.91. The van der Waals surface area contributed by atoms with E-state index < -0.39 is 5.41 Å². The summed E-state index contributed by atoms with van der Waals surface area (Å²) in [7, 11) is 0. The second kappa shape index (κ2) is 36.6. The minimum Gasteiger partial charge on any atom is -0.310 e. The number of hydrogen-bond acceptors (Lipinski definition) is 2. The summed E-state index contributed by atoms with van der Waals surface area (Å²) in [5, 5.41) is 5.50. The molecular formula is C140H114N4. The molecule has 0 atom stereocenters. The molecule has 2 saturated carbocycles. The van der Waals surface area contributed by atoms with Gasteiger partial charge in [0.25, 0.3) is 0 Å². The van der Waals surface area contributed by atoms with Crippen molar-refractivity contribution in [2.24, 2.45) is 0 Å². The Morgan fingerprint density at radius 2 is 0.514 bits per heavy atom. The molecule has 20 aromatic carbocycles. The van der Waals surface area contributed by atoms with Crippen LogP contribution in [0.5, 0.6) is 0 Å². The molecule has 2 heterocycles. The van der Waals surface area contributed by atoms with E-state index in [-0.39, 0.29) is 5.41 Å². The monoisotopic (exact) mass is 1850 g/mol. The molecular weight excluding hydrogens is 1740 g/mol. The van der Waals surface area contributed by atoms with Crippen molar-refractivity contribution >= 4 is 77.7 Å². The fourth-order valence-corrected chi connectivity index (χ4v) is 25.5. The van der Waals surface area contributed by atoms with E-state index in [9.17, 15) is 0 Å². The van der Waals surface area contributed by atoms with Gasteiger partial charge in [0.05, 0.1) is 38.9 Å². The summed E-state index contributed by atoms with van der Waals surface area (Å²) in [6, 6.07) is 173. The van der Waals surface area contributed by atoms with Crippen molar-refractivity contribution in [3.63, 3.8) is 0 Å². The maximum Gasteiger partial charge on any atom is 0.0726 e. The number of para-hydroxylation sites is 2. The Morgan fingerprint density at radius 3 is 0.889 bits per heavy atom. The number of fused-ring (bicyclic) bond motifs is 19. The van der Waals surface area contributed by atoms with Crippen LogP contribution in [0.4, 0.5) is 34.1 Å². The predicted octanol–water partition coefficient (Wildman–Crippen LogP) is 38.4. The molecule has 0 aliphatic heterocycles. The highest BCUT2D eigenvalue weighted by Gasteiger charge is 2.52. The molecule has 0 saturated heterocycles. The summed E-state index contributed by atoms with van der Waals surface area (Å²) in [6.45, 7) is 9.25. The molecule has 4 heteroatoms. The standard InChI is InChI=1S/C73H56N2.C67H58N2/c1-3-16-49-28-44-71-64(46-49)65-47-50(17-4-2)29-45-72(65)75(71)57-40-36-54(37-41-57)52-32-30-51(31-33-52)53-34-38-56(39-35-53)74(70-27-15-11-20-59(70)55-18-6-5-7-19-55)58-42-43-63-62-23-10-14-26-68(62)73(69(63)48-58)66-24-12-8-21-60(66)61-22-9-13-25-67(61)73;1-67(2)62-22-12-10-21-58(62)59-39-38-56(44-63(59)67)68(64-23-13-11-20-57(64)51-18-4-3-5-19-51)54-34-28-49(29-35-54)47-24-26-48(27-25-47)50-30-36-55(37-31-50)69-65-40-32-52(45-14-6-7-15-45)42-60(65)61-43-53(33-41-66(61)69)46-16-8-9-17-46/h5-15,18-48H,3-4,16-17H2,1-2H3;3-5,10-13,18-46H,6-9,14-17H2,1-2H3. The minimum absolute atomic E-state index is 0.103. The second-order valence-corrected chi connectivity index (χ2v) is 41.2. The average molecular weight is 1850 g/mol. The van der Waals surface area contributed by atoms with Crippen LogP contribution >= 0.6 is 0 Å². The fraction of sp³-hybridized carbons (Fsp3) is 0.143. The van der Waals surface area contributed by atoms with E-state index in [0.29, 0.717) is 11.8 Å². The van der Waals surface area contributed by atoms with Crippen LogP contribution in [-0.4, -0.2) is 9.13 Å². The smallest absolute Gasteiger partial charge is 0.0726 e. The number of benzene rings is 20. The summed E-state index contributed by atoms with van der Waals surface area (Å²) < 4.78 is 4.95. The first-order valence-electron chi connectivity index (χ1n) is 52.4. The van der Waals surface area contributed by atoms with Crippen LogP contribution in [0.2, 0.25) is 0 Å². The van der Waals surface area contributed by atoms with E-state index in [2.05, 4.69) is 508 Å². The van der Waals surface area contributed by atoms with Gasteiger partial charge in [0, 0.05) is 72.2 Å². The van der Waals surface area contributed by atoms with Gasteiger partial charge in [0.15, 0.2) is 0 Å². The molecule has 0 bridgehead atoms. The third-order valence-corrected chi connectivity index (χ3v) is 32.6. The lowest BCUT2D eigenvalue weighted by Crippen LogP contribution is -2.26. The molecule has 694 valence electrons. The quantitative estimate of drug-likeness (QED) is 0.0756. The van der Waals surface area contributed by atoms with Gasteiger partial charge >= 0.3 is 0 Å². The fourth-order valence-electron chi connectivity index (χ4n) is 25.5. The van der Waals surface area contributed by atoms with E-state index in [1.807, 2.05) is 0 Å². The molecule has 2 aromatic heterocycles. The number of anilines is 6. The van der Waals surface area contributed by atoms with E-state index in [4.69, 9.17) is 0 Å². The van der Waals surface area contributed by atoms with Crippen LogP contribution in [0.3, 0.4) is 0 Å². The van der Waals surface area contributed by atoms with Crippen molar-refractivity contribution in [1.29, 1.82) is 0 Å². The SMILES string of the molecule is CC1(C)c2ccccc2-c2ccc(N(c3ccc(-c4ccc(-c5ccc(-n6c7ccc(C8CCCC8)cc7c7cc(C8CCCC8)ccc76)cc5)cc4)cc3)c3ccccc3-c3ccccc3)cc21.CCCc1ccc2c(c1)c1cc(CCC)ccc1n2-c1ccc(-c2ccc(-c3ccc(N(c4ccc5c(c4)C4(c6ccccc6-c6ccccc64)c4ccccc4-5)c4ccccc4-c4ccccc4)cc3)cc2)cc1. The Morgan fingerprint density at radius 1 is 0.229 bits per heavy atom. The first-order chi connectivity index (χ1) is 71.1. The van der Waals surface area contributed by atoms with Gasteiger partial charge < -0.3 is 18.9 Å². The highest BCUT2D eigenvalue weighted by Crippen LogP contribution is 2.64.